The normalized spacial score (nSPS) is 37.9. The first kappa shape index (κ1) is 30.2. The fraction of sp³-hybridized carbons (Fsp3) is 0.556. The van der Waals surface area contributed by atoms with Gasteiger partial charge in [0.1, 0.15) is 5.75 Å². The van der Waals surface area contributed by atoms with Crippen LogP contribution in [0.25, 0.3) is 0 Å². The minimum Gasteiger partial charge on any atom is -0.490 e. The lowest BCUT2D eigenvalue weighted by molar-refractivity contribution is -0.0606. The van der Waals surface area contributed by atoms with E-state index in [0.29, 0.717) is 30.4 Å². The molecular formula is C36H45ClN2O4S. The van der Waals surface area contributed by atoms with Crippen molar-refractivity contribution in [3.05, 3.63) is 70.3 Å². The Morgan fingerprint density at radius 2 is 1.95 bits per heavy atom. The molecule has 2 N–H and O–H groups in total. The number of carbonyl (C=O) groups excluding carboxylic acids is 1. The van der Waals surface area contributed by atoms with E-state index in [2.05, 4.69) is 39.8 Å². The Morgan fingerprint density at radius 3 is 2.70 bits per heavy atom. The van der Waals surface area contributed by atoms with E-state index in [1.165, 1.54) is 11.1 Å². The van der Waals surface area contributed by atoms with Crippen molar-refractivity contribution in [3.8, 4) is 5.75 Å². The van der Waals surface area contributed by atoms with Gasteiger partial charge in [0, 0.05) is 34.3 Å². The van der Waals surface area contributed by atoms with Crippen molar-refractivity contribution in [1.29, 1.82) is 0 Å². The number of fused-ring (bicyclic) bond motifs is 4. The molecule has 2 bridgehead atoms. The van der Waals surface area contributed by atoms with Gasteiger partial charge in [-0.05, 0) is 129 Å². The third-order valence-electron chi connectivity index (χ3n) is 11.6. The lowest BCUT2D eigenvalue weighted by Gasteiger charge is -2.49. The molecule has 8 heteroatoms. The maximum absolute atomic E-state index is 13.8. The number of anilines is 1. The fourth-order valence-electron chi connectivity index (χ4n) is 8.39. The number of rotatable bonds is 1. The number of halogens is 1. The number of nitrogens with one attached hydrogen (secondary N) is 1. The maximum Gasteiger partial charge on any atom is 0.262 e. The molecule has 44 heavy (non-hydrogen) atoms. The molecule has 0 aromatic heterocycles. The van der Waals surface area contributed by atoms with Gasteiger partial charge in [-0.25, -0.2) is 4.21 Å². The van der Waals surface area contributed by atoms with Gasteiger partial charge in [-0.1, -0.05) is 36.7 Å². The predicted molar refractivity (Wildman–Crippen MR) is 179 cm³/mol. The van der Waals surface area contributed by atoms with Crippen LogP contribution in [-0.4, -0.2) is 51.6 Å². The summed E-state index contributed by atoms with van der Waals surface area (Å²) in [6.07, 6.45) is 12.1. The summed E-state index contributed by atoms with van der Waals surface area (Å²) in [5, 5.41) is 12.7. The van der Waals surface area contributed by atoms with Gasteiger partial charge < -0.3 is 14.7 Å². The standard InChI is InChI=1S/C36H45ClN2O4S/c1-23-6-4-17-36(41,28-10-11-28)31-13-8-27(31)20-39-21-35(16-5-7-25-18-29(37)12-14-30(25)35)22-43-33-15-9-26(19-32(33)39)34(40)38-44(3,42)24(23)2/h4,9,12,14-15,17-19,23-24,27-28,31,41H,3,5-8,10-11,13,16,20-22H2,1-2H3,(H,38,40,42)/b17-4+/t23-,24+,27-,31+,35-,36+,44?/m0/s1. The molecule has 0 radical (unpaired) electrons. The molecule has 2 aliphatic heterocycles. The summed E-state index contributed by atoms with van der Waals surface area (Å²) in [5.41, 5.74) is 2.87. The number of carbonyl (C=O) groups is 1. The lowest BCUT2D eigenvalue weighted by atomic mass is 9.62. The summed E-state index contributed by atoms with van der Waals surface area (Å²) in [5.74, 6) is 5.18. The molecule has 2 fully saturated rings. The van der Waals surface area contributed by atoms with E-state index in [4.69, 9.17) is 16.3 Å². The zero-order valence-corrected chi connectivity index (χ0v) is 27.5. The Labute approximate surface area is 267 Å². The van der Waals surface area contributed by atoms with Crippen molar-refractivity contribution in [3.63, 3.8) is 0 Å². The Hall–Kier alpha value is -2.48. The number of nitrogens with zero attached hydrogens (tertiary/aromatic N) is 1. The summed E-state index contributed by atoms with van der Waals surface area (Å²) in [7, 11) is -2.93. The molecule has 2 heterocycles. The Balaban J connectivity index is 1.32. The van der Waals surface area contributed by atoms with Crippen LogP contribution in [0.2, 0.25) is 5.02 Å². The summed E-state index contributed by atoms with van der Waals surface area (Å²) < 4.78 is 23.2. The van der Waals surface area contributed by atoms with Crippen molar-refractivity contribution < 1.29 is 18.8 Å². The van der Waals surface area contributed by atoms with Crippen LogP contribution < -0.4 is 14.4 Å². The molecule has 2 aromatic carbocycles. The van der Waals surface area contributed by atoms with Crippen LogP contribution in [0.4, 0.5) is 5.69 Å². The van der Waals surface area contributed by atoms with Gasteiger partial charge in [-0.15, -0.1) is 0 Å². The summed E-state index contributed by atoms with van der Waals surface area (Å²) >= 11 is 6.44. The minimum absolute atomic E-state index is 0.0190. The topological polar surface area (TPSA) is 78.9 Å². The highest BCUT2D eigenvalue weighted by Gasteiger charge is 2.54. The van der Waals surface area contributed by atoms with E-state index >= 15 is 0 Å². The third-order valence-corrected chi connectivity index (χ3v) is 14.0. The first-order valence-electron chi connectivity index (χ1n) is 16.4. The molecule has 1 unspecified atom stereocenters. The zero-order chi connectivity index (χ0) is 30.9. The van der Waals surface area contributed by atoms with E-state index in [9.17, 15) is 14.1 Å². The highest BCUT2D eigenvalue weighted by molar-refractivity contribution is 7.99. The number of hydrogen-bond acceptors (Lipinski definition) is 5. The summed E-state index contributed by atoms with van der Waals surface area (Å²) in [6, 6.07) is 11.8. The highest BCUT2D eigenvalue weighted by Crippen LogP contribution is 2.54. The van der Waals surface area contributed by atoms with Crippen molar-refractivity contribution >= 4 is 38.8 Å². The molecule has 1 amide bonds. The second kappa shape index (κ2) is 11.1. The van der Waals surface area contributed by atoms with Crippen LogP contribution in [0.5, 0.6) is 5.75 Å². The number of benzene rings is 2. The number of aryl methyl sites for hydroxylation is 1. The molecule has 3 aliphatic carbocycles. The minimum atomic E-state index is -2.93. The quantitative estimate of drug-likeness (QED) is 0.283. The molecule has 1 spiro atoms. The molecule has 7 atom stereocenters. The molecule has 2 aromatic rings. The largest absolute Gasteiger partial charge is 0.490 e. The zero-order valence-electron chi connectivity index (χ0n) is 25.9. The molecular weight excluding hydrogens is 592 g/mol. The predicted octanol–water partition coefficient (Wildman–Crippen LogP) is 6.33. The van der Waals surface area contributed by atoms with Crippen LogP contribution in [0, 0.1) is 23.7 Å². The molecule has 7 rings (SSSR count). The second-order valence-corrected chi connectivity index (χ2v) is 17.2. The van der Waals surface area contributed by atoms with Crippen LogP contribution in [0.3, 0.4) is 0 Å². The lowest BCUT2D eigenvalue weighted by Crippen LogP contribution is -2.53. The summed E-state index contributed by atoms with van der Waals surface area (Å²) in [4.78, 5) is 16.0. The number of aliphatic hydroxyl groups is 1. The summed E-state index contributed by atoms with van der Waals surface area (Å²) in [6.45, 7) is 6.01. The van der Waals surface area contributed by atoms with E-state index in [-0.39, 0.29) is 28.4 Å². The molecule has 0 saturated heterocycles. The van der Waals surface area contributed by atoms with Gasteiger partial charge in [-0.3, -0.25) is 9.52 Å². The van der Waals surface area contributed by atoms with Crippen molar-refractivity contribution in [1.82, 2.24) is 4.72 Å². The van der Waals surface area contributed by atoms with Crippen molar-refractivity contribution in [2.75, 3.05) is 24.6 Å². The molecule has 6 nitrogen and oxygen atoms in total. The van der Waals surface area contributed by atoms with Crippen molar-refractivity contribution in [2.45, 2.75) is 81.5 Å². The Bertz CT molecular complexity index is 1600. The first-order chi connectivity index (χ1) is 21.0. The van der Waals surface area contributed by atoms with E-state index in [1.54, 1.807) is 6.07 Å². The average molecular weight is 637 g/mol. The van der Waals surface area contributed by atoms with Crippen LogP contribution in [0.1, 0.15) is 80.3 Å². The van der Waals surface area contributed by atoms with Gasteiger partial charge in [-0.2, -0.15) is 0 Å². The van der Waals surface area contributed by atoms with Crippen molar-refractivity contribution in [2.24, 2.45) is 23.7 Å². The highest BCUT2D eigenvalue weighted by atomic mass is 35.5. The Morgan fingerprint density at radius 1 is 1.14 bits per heavy atom. The Kier molecular flexibility index (Phi) is 7.61. The molecule has 236 valence electrons. The average Bonchev–Trinajstić information content (AvgIpc) is 3.83. The van der Waals surface area contributed by atoms with Crippen LogP contribution in [0.15, 0.2) is 48.6 Å². The van der Waals surface area contributed by atoms with Gasteiger partial charge in [0.05, 0.1) is 27.6 Å². The van der Waals surface area contributed by atoms with Gasteiger partial charge >= 0.3 is 0 Å². The second-order valence-electron chi connectivity index (χ2n) is 14.4. The van der Waals surface area contributed by atoms with E-state index in [0.717, 1.165) is 74.5 Å². The van der Waals surface area contributed by atoms with Gasteiger partial charge in [0.25, 0.3) is 5.91 Å². The number of amides is 1. The molecule has 2 saturated carbocycles. The number of hydrogen-bond donors (Lipinski definition) is 2. The van der Waals surface area contributed by atoms with E-state index in [1.807, 2.05) is 32.0 Å². The maximum atomic E-state index is 13.8. The smallest absolute Gasteiger partial charge is 0.262 e. The monoisotopic (exact) mass is 636 g/mol. The van der Waals surface area contributed by atoms with Crippen LogP contribution in [-0.2, 0) is 21.5 Å². The third kappa shape index (κ3) is 5.27. The van der Waals surface area contributed by atoms with E-state index < -0.39 is 15.3 Å². The number of allylic oxidation sites excluding steroid dienone is 1. The molecule has 5 aliphatic rings. The fourth-order valence-corrected chi connectivity index (χ4v) is 10.1. The first-order valence-corrected chi connectivity index (χ1v) is 18.5. The van der Waals surface area contributed by atoms with Crippen LogP contribution >= 0.6 is 11.6 Å². The van der Waals surface area contributed by atoms with Gasteiger partial charge in [0.15, 0.2) is 0 Å². The number of ether oxygens (including phenoxy) is 1. The van der Waals surface area contributed by atoms with Gasteiger partial charge in [0.2, 0.25) is 0 Å². The SMILES string of the molecule is C=S1(=O)NC(=O)c2ccc3c(c2)N(C[C@@H]2CC[C@H]2[C@](O)(C2CC2)/C=C/C[C@H](C)[C@H]1C)C[C@@]1(CCCc2cc(Cl)ccc21)CO3.